The van der Waals surface area contributed by atoms with Gasteiger partial charge >= 0.3 is 0 Å². The number of anilines is 1. The quantitative estimate of drug-likeness (QED) is 0.425. The topological polar surface area (TPSA) is 41.1 Å². The van der Waals surface area contributed by atoms with E-state index in [-0.39, 0.29) is 5.91 Å². The van der Waals surface area contributed by atoms with Crippen molar-refractivity contribution >= 4 is 57.6 Å². The van der Waals surface area contributed by atoms with E-state index in [1.165, 1.54) is 9.65 Å². The van der Waals surface area contributed by atoms with Crippen LogP contribution in [0.5, 0.6) is 0 Å². The first kappa shape index (κ1) is 17.6. The summed E-state index contributed by atoms with van der Waals surface area (Å²) in [5.41, 5.74) is 3.05. The first-order valence-electron chi connectivity index (χ1n) is 7.22. The molecule has 0 aliphatic heterocycles. The van der Waals surface area contributed by atoms with Gasteiger partial charge in [-0.3, -0.25) is 10.1 Å². The van der Waals surface area contributed by atoms with Crippen LogP contribution in [0, 0.1) is 3.57 Å². The third kappa shape index (κ3) is 5.76. The fraction of sp³-hybridized carbons (Fsp3) is 0.111. The Balaban J connectivity index is 1.94. The minimum Gasteiger partial charge on any atom is -0.332 e. The van der Waals surface area contributed by atoms with E-state index in [4.69, 9.17) is 12.2 Å². The standard InChI is InChI=1S/C18H17IN2OS/c1-2-14-12-15(19)9-10-16(14)20-18(23)21-17(22)11-8-13-6-4-3-5-7-13/h3-12H,2H2,1H3,(H2,20,21,22,23)/b11-8+. The van der Waals surface area contributed by atoms with Crippen molar-refractivity contribution < 1.29 is 4.79 Å². The number of hydrogen-bond acceptors (Lipinski definition) is 2. The molecule has 0 radical (unpaired) electrons. The lowest BCUT2D eigenvalue weighted by Gasteiger charge is -2.12. The maximum absolute atomic E-state index is 11.9. The van der Waals surface area contributed by atoms with Gasteiger partial charge in [0, 0.05) is 15.3 Å². The van der Waals surface area contributed by atoms with Gasteiger partial charge in [-0.2, -0.15) is 0 Å². The molecule has 0 aliphatic carbocycles. The number of halogens is 1. The zero-order chi connectivity index (χ0) is 16.7. The van der Waals surface area contributed by atoms with Crippen LogP contribution in [0.4, 0.5) is 5.69 Å². The van der Waals surface area contributed by atoms with Gasteiger partial charge in [0.15, 0.2) is 5.11 Å². The minimum atomic E-state index is -0.255. The van der Waals surface area contributed by atoms with Crippen LogP contribution in [0.2, 0.25) is 0 Å². The van der Waals surface area contributed by atoms with Crippen LogP contribution < -0.4 is 10.6 Å². The van der Waals surface area contributed by atoms with Crippen molar-refractivity contribution in [1.82, 2.24) is 5.32 Å². The largest absolute Gasteiger partial charge is 0.332 e. The van der Waals surface area contributed by atoms with Crippen molar-refractivity contribution in [2.45, 2.75) is 13.3 Å². The van der Waals surface area contributed by atoms with E-state index in [0.29, 0.717) is 5.11 Å². The van der Waals surface area contributed by atoms with Gasteiger partial charge in [-0.1, -0.05) is 37.3 Å². The van der Waals surface area contributed by atoms with E-state index in [0.717, 1.165) is 23.2 Å². The average molecular weight is 436 g/mol. The fourth-order valence-corrected chi connectivity index (χ4v) is 2.79. The molecule has 0 heterocycles. The summed E-state index contributed by atoms with van der Waals surface area (Å²) in [6, 6.07) is 15.7. The minimum absolute atomic E-state index is 0.255. The molecule has 0 aliphatic rings. The van der Waals surface area contributed by atoms with Crippen LogP contribution in [0.3, 0.4) is 0 Å². The molecule has 2 N–H and O–H groups in total. The summed E-state index contributed by atoms with van der Waals surface area (Å²) >= 11 is 7.48. The van der Waals surface area contributed by atoms with Crippen molar-refractivity contribution in [2.24, 2.45) is 0 Å². The second-order valence-corrected chi connectivity index (χ2v) is 6.50. The van der Waals surface area contributed by atoms with Crippen LogP contribution in [0.25, 0.3) is 6.08 Å². The molecule has 0 spiro atoms. The number of benzene rings is 2. The Bertz CT molecular complexity index is 729. The van der Waals surface area contributed by atoms with Crippen LogP contribution in [-0.2, 0) is 11.2 Å². The Labute approximate surface area is 155 Å². The van der Waals surface area contributed by atoms with Gasteiger partial charge in [0.1, 0.15) is 0 Å². The van der Waals surface area contributed by atoms with Crippen molar-refractivity contribution in [2.75, 3.05) is 5.32 Å². The molecule has 0 bridgehead atoms. The van der Waals surface area contributed by atoms with E-state index in [1.54, 1.807) is 6.08 Å². The normalized spacial score (nSPS) is 10.5. The molecule has 3 nitrogen and oxygen atoms in total. The second-order valence-electron chi connectivity index (χ2n) is 4.84. The highest BCUT2D eigenvalue weighted by atomic mass is 127. The van der Waals surface area contributed by atoms with Crippen molar-refractivity contribution in [1.29, 1.82) is 0 Å². The molecule has 23 heavy (non-hydrogen) atoms. The Kier molecular flexibility index (Phi) is 6.73. The fourth-order valence-electron chi connectivity index (χ4n) is 2.02. The molecule has 0 unspecified atom stereocenters. The molecule has 0 saturated heterocycles. The van der Waals surface area contributed by atoms with Crippen molar-refractivity contribution in [3.63, 3.8) is 0 Å². The molecule has 5 heteroatoms. The number of nitrogens with one attached hydrogen (secondary N) is 2. The molecule has 0 fully saturated rings. The molecule has 0 atom stereocenters. The highest BCUT2D eigenvalue weighted by Crippen LogP contribution is 2.19. The van der Waals surface area contributed by atoms with Gasteiger partial charge in [0.2, 0.25) is 5.91 Å². The molecule has 1 amide bonds. The third-order valence-electron chi connectivity index (χ3n) is 3.16. The van der Waals surface area contributed by atoms with Crippen molar-refractivity contribution in [3.8, 4) is 0 Å². The van der Waals surface area contributed by atoms with E-state index < -0.39 is 0 Å². The number of hydrogen-bond donors (Lipinski definition) is 2. The van der Waals surface area contributed by atoms with Gasteiger partial charge in [-0.15, -0.1) is 0 Å². The Morgan fingerprint density at radius 3 is 2.65 bits per heavy atom. The maximum Gasteiger partial charge on any atom is 0.250 e. The van der Waals surface area contributed by atoms with Crippen LogP contribution in [0.1, 0.15) is 18.1 Å². The summed E-state index contributed by atoms with van der Waals surface area (Å²) in [5.74, 6) is -0.255. The third-order valence-corrected chi connectivity index (χ3v) is 4.03. The number of carbonyl (C=O) groups excluding carboxylic acids is 1. The van der Waals surface area contributed by atoms with Crippen molar-refractivity contribution in [3.05, 3.63) is 69.3 Å². The van der Waals surface area contributed by atoms with E-state index >= 15 is 0 Å². The molecular formula is C18H17IN2OS. The van der Waals surface area contributed by atoms with Crippen LogP contribution in [0.15, 0.2) is 54.6 Å². The second kappa shape index (κ2) is 8.79. The molecule has 2 aromatic carbocycles. The summed E-state index contributed by atoms with van der Waals surface area (Å²) in [4.78, 5) is 11.9. The van der Waals surface area contributed by atoms with E-state index in [2.05, 4.69) is 46.2 Å². The molecule has 118 valence electrons. The zero-order valence-electron chi connectivity index (χ0n) is 12.7. The first-order chi connectivity index (χ1) is 11.1. The summed E-state index contributed by atoms with van der Waals surface area (Å²) < 4.78 is 1.17. The molecule has 0 saturated carbocycles. The van der Waals surface area contributed by atoms with Gasteiger partial charge < -0.3 is 5.32 Å². The molecule has 2 aromatic rings. The van der Waals surface area contributed by atoms with E-state index in [1.807, 2.05) is 42.5 Å². The summed E-state index contributed by atoms with van der Waals surface area (Å²) in [6.45, 7) is 2.08. The zero-order valence-corrected chi connectivity index (χ0v) is 15.6. The highest BCUT2D eigenvalue weighted by Gasteiger charge is 2.05. The maximum atomic E-state index is 11.9. The Morgan fingerprint density at radius 2 is 1.96 bits per heavy atom. The monoisotopic (exact) mass is 436 g/mol. The average Bonchev–Trinajstić information content (AvgIpc) is 2.55. The summed E-state index contributed by atoms with van der Waals surface area (Å²) in [7, 11) is 0. The summed E-state index contributed by atoms with van der Waals surface area (Å²) in [5, 5.41) is 6.03. The Morgan fingerprint density at radius 1 is 1.22 bits per heavy atom. The van der Waals surface area contributed by atoms with Gasteiger partial charge in [-0.25, -0.2) is 0 Å². The number of thiocarbonyl (C=S) groups is 1. The predicted octanol–water partition coefficient (Wildman–Crippen LogP) is 4.38. The Hall–Kier alpha value is -1.73. The number of aryl methyl sites for hydroxylation is 1. The summed E-state index contributed by atoms with van der Waals surface area (Å²) in [6.07, 6.45) is 4.11. The predicted molar refractivity (Wildman–Crippen MR) is 108 cm³/mol. The van der Waals surface area contributed by atoms with E-state index in [9.17, 15) is 4.79 Å². The lowest BCUT2D eigenvalue weighted by Crippen LogP contribution is -2.33. The van der Waals surface area contributed by atoms with Crippen LogP contribution >= 0.6 is 34.8 Å². The van der Waals surface area contributed by atoms with Crippen LogP contribution in [-0.4, -0.2) is 11.0 Å². The lowest BCUT2D eigenvalue weighted by molar-refractivity contribution is -0.115. The SMILES string of the molecule is CCc1cc(I)ccc1NC(=S)NC(=O)/C=C/c1ccccc1. The molecular weight excluding hydrogens is 419 g/mol. The lowest BCUT2D eigenvalue weighted by atomic mass is 10.1. The first-order valence-corrected chi connectivity index (χ1v) is 8.70. The van der Waals surface area contributed by atoms with Gasteiger partial charge in [0.05, 0.1) is 0 Å². The number of carbonyl (C=O) groups is 1. The number of rotatable bonds is 4. The molecule has 2 rings (SSSR count). The smallest absolute Gasteiger partial charge is 0.250 e. The van der Waals surface area contributed by atoms with Gasteiger partial charge in [0.25, 0.3) is 0 Å². The molecule has 0 aromatic heterocycles. The van der Waals surface area contributed by atoms with Gasteiger partial charge in [-0.05, 0) is 76.6 Å². The number of amides is 1. The highest BCUT2D eigenvalue weighted by molar-refractivity contribution is 14.1.